The summed E-state index contributed by atoms with van der Waals surface area (Å²) in [6.07, 6.45) is 0.130. The van der Waals surface area contributed by atoms with E-state index in [4.69, 9.17) is 14.5 Å². The fourth-order valence-corrected chi connectivity index (χ4v) is 3.97. The second-order valence-electron chi connectivity index (χ2n) is 7.66. The first kappa shape index (κ1) is 19.9. The van der Waals surface area contributed by atoms with Crippen molar-refractivity contribution in [3.05, 3.63) is 54.4 Å². The Morgan fingerprint density at radius 2 is 1.90 bits per heavy atom. The lowest BCUT2D eigenvalue weighted by molar-refractivity contribution is -0.148. The van der Waals surface area contributed by atoms with Crippen LogP contribution in [-0.4, -0.2) is 41.2 Å². The van der Waals surface area contributed by atoms with Crippen LogP contribution in [0.1, 0.15) is 32.0 Å². The molecule has 1 saturated heterocycles. The molecule has 1 unspecified atom stereocenters. The van der Waals surface area contributed by atoms with Gasteiger partial charge in [0.1, 0.15) is 18.1 Å². The molecule has 0 spiro atoms. The van der Waals surface area contributed by atoms with E-state index in [2.05, 4.69) is 0 Å². The fourth-order valence-electron chi connectivity index (χ4n) is 3.97. The highest BCUT2D eigenvalue weighted by molar-refractivity contribution is 5.98. The minimum absolute atomic E-state index is 0.00728. The molecular weight excluding hydrogens is 382 g/mol. The number of hydrogen-bond donors (Lipinski definition) is 0. The summed E-state index contributed by atoms with van der Waals surface area (Å²) in [5.41, 5.74) is 2.40. The molecule has 1 aliphatic rings. The van der Waals surface area contributed by atoms with Crippen molar-refractivity contribution in [2.45, 2.75) is 38.8 Å². The van der Waals surface area contributed by atoms with Gasteiger partial charge in [0, 0.05) is 18.9 Å². The van der Waals surface area contributed by atoms with Gasteiger partial charge in [-0.05, 0) is 38.1 Å². The van der Waals surface area contributed by atoms with Crippen molar-refractivity contribution in [1.29, 1.82) is 0 Å². The van der Waals surface area contributed by atoms with Gasteiger partial charge in [-0.2, -0.15) is 0 Å². The number of nitrogens with zero attached hydrogens (tertiary/aromatic N) is 3. The summed E-state index contributed by atoms with van der Waals surface area (Å²) in [5.74, 6) is 0.929. The van der Waals surface area contributed by atoms with Crippen LogP contribution in [-0.2, 0) is 20.9 Å². The van der Waals surface area contributed by atoms with Gasteiger partial charge < -0.3 is 18.9 Å². The number of amides is 1. The standard InChI is InChI=1S/C23H25N3O4/c1-15(2)30-22(28)14-26-18-9-5-4-8-17(18)24-23(26)16-12-21(27)25(13-16)19-10-6-7-11-20(19)29-3/h4-11,15-16H,12-14H2,1-3H3. The van der Waals surface area contributed by atoms with E-state index < -0.39 is 0 Å². The number of aromatic nitrogens is 2. The van der Waals surface area contributed by atoms with Crippen LogP contribution in [0.3, 0.4) is 0 Å². The summed E-state index contributed by atoms with van der Waals surface area (Å²) in [6.45, 7) is 4.19. The first-order valence-electron chi connectivity index (χ1n) is 10.1. The monoisotopic (exact) mass is 407 g/mol. The Balaban J connectivity index is 1.68. The first-order chi connectivity index (χ1) is 14.5. The summed E-state index contributed by atoms with van der Waals surface area (Å²) in [7, 11) is 1.59. The Kier molecular flexibility index (Phi) is 5.44. The molecule has 156 valence electrons. The molecular formula is C23H25N3O4. The molecule has 3 aromatic rings. The third kappa shape index (κ3) is 3.75. The van der Waals surface area contributed by atoms with Gasteiger partial charge in [-0.1, -0.05) is 24.3 Å². The molecule has 1 aromatic heterocycles. The molecule has 2 aromatic carbocycles. The zero-order chi connectivity index (χ0) is 21.3. The number of fused-ring (bicyclic) bond motifs is 1. The van der Waals surface area contributed by atoms with E-state index >= 15 is 0 Å². The van der Waals surface area contributed by atoms with E-state index in [-0.39, 0.29) is 30.4 Å². The van der Waals surface area contributed by atoms with E-state index in [9.17, 15) is 9.59 Å². The van der Waals surface area contributed by atoms with Gasteiger partial charge in [0.2, 0.25) is 5.91 Å². The van der Waals surface area contributed by atoms with E-state index in [1.165, 1.54) is 0 Å². The molecule has 0 N–H and O–H groups in total. The predicted molar refractivity (Wildman–Crippen MR) is 114 cm³/mol. The second-order valence-corrected chi connectivity index (χ2v) is 7.66. The lowest BCUT2D eigenvalue weighted by Gasteiger charge is -2.19. The van der Waals surface area contributed by atoms with Crippen molar-refractivity contribution in [2.24, 2.45) is 0 Å². The van der Waals surface area contributed by atoms with Gasteiger partial charge >= 0.3 is 5.97 Å². The van der Waals surface area contributed by atoms with E-state index in [0.717, 1.165) is 22.5 Å². The molecule has 7 heteroatoms. The second kappa shape index (κ2) is 8.18. The molecule has 0 bridgehead atoms. The third-order valence-corrected chi connectivity index (χ3v) is 5.20. The maximum Gasteiger partial charge on any atom is 0.326 e. The highest BCUT2D eigenvalue weighted by atomic mass is 16.5. The summed E-state index contributed by atoms with van der Waals surface area (Å²) >= 11 is 0. The van der Waals surface area contributed by atoms with Gasteiger partial charge in [0.05, 0.1) is 29.9 Å². The van der Waals surface area contributed by atoms with Gasteiger partial charge in [-0.25, -0.2) is 4.98 Å². The number of carbonyl (C=O) groups is 2. The Hall–Kier alpha value is -3.35. The van der Waals surface area contributed by atoms with Crippen molar-refractivity contribution in [3.8, 4) is 5.75 Å². The number of hydrogen-bond acceptors (Lipinski definition) is 5. The van der Waals surface area contributed by atoms with Crippen molar-refractivity contribution in [2.75, 3.05) is 18.6 Å². The first-order valence-corrected chi connectivity index (χ1v) is 10.1. The lowest BCUT2D eigenvalue weighted by Crippen LogP contribution is -2.25. The molecule has 1 fully saturated rings. The van der Waals surface area contributed by atoms with Gasteiger partial charge in [-0.15, -0.1) is 0 Å². The summed E-state index contributed by atoms with van der Waals surface area (Å²) in [5, 5.41) is 0. The van der Waals surface area contributed by atoms with Gasteiger partial charge in [0.15, 0.2) is 0 Å². The zero-order valence-electron chi connectivity index (χ0n) is 17.4. The Morgan fingerprint density at radius 1 is 1.17 bits per heavy atom. The molecule has 2 heterocycles. The molecule has 4 rings (SSSR count). The molecule has 30 heavy (non-hydrogen) atoms. The normalized spacial score (nSPS) is 16.5. The number of benzene rings is 2. The highest BCUT2D eigenvalue weighted by Crippen LogP contribution is 2.37. The van der Waals surface area contributed by atoms with Gasteiger partial charge in [-0.3, -0.25) is 9.59 Å². The Bertz CT molecular complexity index is 1090. The van der Waals surface area contributed by atoms with Crippen LogP contribution in [0, 0.1) is 0 Å². The van der Waals surface area contributed by atoms with E-state index in [0.29, 0.717) is 18.7 Å². The summed E-state index contributed by atoms with van der Waals surface area (Å²) in [6, 6.07) is 15.2. The quantitative estimate of drug-likeness (QED) is 0.585. The van der Waals surface area contributed by atoms with Crippen LogP contribution in [0.25, 0.3) is 11.0 Å². The van der Waals surface area contributed by atoms with Crippen LogP contribution in [0.4, 0.5) is 5.69 Å². The molecule has 7 nitrogen and oxygen atoms in total. The Morgan fingerprint density at radius 3 is 2.67 bits per heavy atom. The van der Waals surface area contributed by atoms with Crippen LogP contribution in [0.15, 0.2) is 48.5 Å². The maximum absolute atomic E-state index is 12.9. The molecule has 1 aliphatic heterocycles. The van der Waals surface area contributed by atoms with Crippen molar-refractivity contribution >= 4 is 28.6 Å². The highest BCUT2D eigenvalue weighted by Gasteiger charge is 2.36. The van der Waals surface area contributed by atoms with Crippen molar-refractivity contribution in [1.82, 2.24) is 9.55 Å². The zero-order valence-corrected chi connectivity index (χ0v) is 17.4. The lowest BCUT2D eigenvalue weighted by atomic mass is 10.1. The maximum atomic E-state index is 12.9. The number of rotatable bonds is 6. The van der Waals surface area contributed by atoms with E-state index in [1.807, 2.05) is 66.9 Å². The SMILES string of the molecule is COc1ccccc1N1CC(c2nc3ccccc3n2CC(=O)OC(C)C)CC1=O. The number of anilines is 1. The molecule has 0 saturated carbocycles. The molecule has 1 atom stereocenters. The van der Waals surface area contributed by atoms with Crippen molar-refractivity contribution in [3.63, 3.8) is 0 Å². The number of imidazole rings is 1. The number of methoxy groups -OCH3 is 1. The average molecular weight is 407 g/mol. The van der Waals surface area contributed by atoms with Crippen molar-refractivity contribution < 1.29 is 19.1 Å². The van der Waals surface area contributed by atoms with Crippen LogP contribution < -0.4 is 9.64 Å². The molecule has 1 amide bonds. The predicted octanol–water partition coefficient (Wildman–Crippen LogP) is 3.52. The average Bonchev–Trinajstić information content (AvgIpc) is 3.28. The Labute approximate surface area is 175 Å². The van der Waals surface area contributed by atoms with Gasteiger partial charge in [0.25, 0.3) is 0 Å². The summed E-state index contributed by atoms with van der Waals surface area (Å²) in [4.78, 5) is 31.8. The topological polar surface area (TPSA) is 73.7 Å². The summed E-state index contributed by atoms with van der Waals surface area (Å²) < 4.78 is 12.7. The van der Waals surface area contributed by atoms with Crippen LogP contribution in [0.5, 0.6) is 5.75 Å². The molecule has 0 aliphatic carbocycles. The number of esters is 1. The number of carbonyl (C=O) groups excluding carboxylic acids is 2. The van der Waals surface area contributed by atoms with Crippen LogP contribution >= 0.6 is 0 Å². The minimum Gasteiger partial charge on any atom is -0.495 e. The van der Waals surface area contributed by atoms with Crippen LogP contribution in [0.2, 0.25) is 0 Å². The largest absolute Gasteiger partial charge is 0.495 e. The van der Waals surface area contributed by atoms with E-state index in [1.54, 1.807) is 12.0 Å². The number of para-hydroxylation sites is 4. The third-order valence-electron chi connectivity index (χ3n) is 5.20. The number of ether oxygens (including phenoxy) is 2. The fraction of sp³-hybridized carbons (Fsp3) is 0.348. The molecule has 0 radical (unpaired) electrons. The smallest absolute Gasteiger partial charge is 0.326 e. The minimum atomic E-state index is -0.319.